The molecule has 0 saturated carbocycles. The maximum Gasteiger partial charge on any atom is 0.301 e. The van der Waals surface area contributed by atoms with E-state index in [1.54, 1.807) is 12.3 Å². The maximum absolute atomic E-state index is 12.2. The summed E-state index contributed by atoms with van der Waals surface area (Å²) in [6.07, 6.45) is 1.56. The molecular formula is C13H23N5O2S. The largest absolute Gasteiger partial charge is 0.357 e. The van der Waals surface area contributed by atoms with Gasteiger partial charge in [0.1, 0.15) is 5.82 Å². The van der Waals surface area contributed by atoms with E-state index in [9.17, 15) is 8.42 Å². The molecule has 2 rings (SSSR count). The van der Waals surface area contributed by atoms with Crippen LogP contribution in [-0.2, 0) is 10.2 Å². The van der Waals surface area contributed by atoms with Gasteiger partial charge in [-0.25, -0.2) is 4.98 Å². The lowest BCUT2D eigenvalue weighted by molar-refractivity contribution is 0.362. The zero-order valence-corrected chi connectivity index (χ0v) is 13.4. The number of hydrogen-bond acceptors (Lipinski definition) is 5. The molecule has 0 bridgehead atoms. The lowest BCUT2D eigenvalue weighted by Crippen LogP contribution is -2.48. The first-order valence-electron chi connectivity index (χ1n) is 7.26. The van der Waals surface area contributed by atoms with Crippen molar-refractivity contribution in [1.82, 2.24) is 14.6 Å². The molecule has 7 nitrogen and oxygen atoms in total. The van der Waals surface area contributed by atoms with E-state index in [1.165, 1.54) is 4.31 Å². The summed E-state index contributed by atoms with van der Waals surface area (Å²) in [6.45, 7) is 8.20. The number of nitrogens with zero attached hydrogens (tertiary/aromatic N) is 3. The normalized spacial score (nSPS) is 16.7. The van der Waals surface area contributed by atoms with E-state index >= 15 is 0 Å². The topological polar surface area (TPSA) is 77.6 Å². The molecule has 1 aromatic rings. The van der Waals surface area contributed by atoms with Crippen LogP contribution in [0.2, 0.25) is 0 Å². The highest BCUT2D eigenvalue weighted by atomic mass is 32.2. The monoisotopic (exact) mass is 313 g/mol. The van der Waals surface area contributed by atoms with E-state index in [0.717, 1.165) is 18.9 Å². The van der Waals surface area contributed by atoms with Gasteiger partial charge in [-0.2, -0.15) is 12.7 Å². The first-order valence-corrected chi connectivity index (χ1v) is 8.70. The Kier molecular flexibility index (Phi) is 5.38. The zero-order valence-electron chi connectivity index (χ0n) is 12.5. The number of aromatic nitrogens is 1. The second-order valence-electron chi connectivity index (χ2n) is 4.83. The van der Waals surface area contributed by atoms with Crippen molar-refractivity contribution in [3.8, 4) is 0 Å². The minimum absolute atomic E-state index is 0.486. The molecule has 0 unspecified atom stereocenters. The molecule has 0 radical (unpaired) electrons. The highest BCUT2D eigenvalue weighted by Crippen LogP contribution is 2.16. The summed E-state index contributed by atoms with van der Waals surface area (Å²) in [7, 11) is -3.49. The highest BCUT2D eigenvalue weighted by Gasteiger charge is 2.23. The Morgan fingerprint density at radius 1 is 1.29 bits per heavy atom. The van der Waals surface area contributed by atoms with Crippen LogP contribution in [0.25, 0.3) is 0 Å². The van der Waals surface area contributed by atoms with Crippen LogP contribution in [0.4, 0.5) is 11.5 Å². The van der Waals surface area contributed by atoms with Gasteiger partial charge < -0.3 is 10.2 Å². The number of rotatable bonds is 6. The summed E-state index contributed by atoms with van der Waals surface area (Å²) in [5.41, 5.74) is 0.490. The van der Waals surface area contributed by atoms with Crippen LogP contribution in [0.3, 0.4) is 0 Å². The molecule has 21 heavy (non-hydrogen) atoms. The van der Waals surface area contributed by atoms with E-state index in [2.05, 4.69) is 33.8 Å². The van der Waals surface area contributed by atoms with Gasteiger partial charge in [0.2, 0.25) is 0 Å². The molecule has 2 heterocycles. The van der Waals surface area contributed by atoms with Crippen LogP contribution < -0.4 is 14.9 Å². The number of piperazine rings is 1. The minimum Gasteiger partial charge on any atom is -0.357 e. The molecule has 0 spiro atoms. The summed E-state index contributed by atoms with van der Waals surface area (Å²) < 4.78 is 28.5. The fourth-order valence-electron chi connectivity index (χ4n) is 2.28. The molecule has 0 aliphatic carbocycles. The average Bonchev–Trinajstić information content (AvgIpc) is 2.51. The molecule has 8 heteroatoms. The van der Waals surface area contributed by atoms with Crippen molar-refractivity contribution < 1.29 is 8.42 Å². The Labute approximate surface area is 126 Å². The summed E-state index contributed by atoms with van der Waals surface area (Å²) in [4.78, 5) is 6.42. The number of nitrogens with one attached hydrogen (secondary N) is 2. The lowest BCUT2D eigenvalue weighted by Gasteiger charge is -2.27. The standard InChI is InChI=1S/C13H23N5O2S/c1-3-17(4-2)13-6-5-12(11-15-13)16-21(19,20)18-9-7-14-8-10-18/h5-6,11,14,16H,3-4,7-10H2,1-2H3. The van der Waals surface area contributed by atoms with Gasteiger partial charge in [-0.05, 0) is 26.0 Å². The van der Waals surface area contributed by atoms with E-state index < -0.39 is 10.2 Å². The van der Waals surface area contributed by atoms with Gasteiger partial charge >= 0.3 is 10.2 Å². The number of hydrogen-bond donors (Lipinski definition) is 2. The Morgan fingerprint density at radius 3 is 2.48 bits per heavy atom. The second-order valence-corrected chi connectivity index (χ2v) is 6.50. The summed E-state index contributed by atoms with van der Waals surface area (Å²) in [5.74, 6) is 0.852. The zero-order chi connectivity index (χ0) is 15.3. The Hall–Kier alpha value is -1.38. The van der Waals surface area contributed by atoms with Gasteiger partial charge in [0.05, 0.1) is 11.9 Å². The molecule has 0 aromatic carbocycles. The fourth-order valence-corrected chi connectivity index (χ4v) is 3.49. The quantitative estimate of drug-likeness (QED) is 0.799. The maximum atomic E-state index is 12.2. The van der Waals surface area contributed by atoms with Crippen molar-refractivity contribution in [1.29, 1.82) is 0 Å². The molecule has 1 fully saturated rings. The van der Waals surface area contributed by atoms with Crippen molar-refractivity contribution in [3.63, 3.8) is 0 Å². The van der Waals surface area contributed by atoms with Crippen LogP contribution in [0.15, 0.2) is 18.3 Å². The third kappa shape index (κ3) is 4.05. The van der Waals surface area contributed by atoms with Crippen LogP contribution in [0.1, 0.15) is 13.8 Å². The van der Waals surface area contributed by atoms with Crippen molar-refractivity contribution in [2.45, 2.75) is 13.8 Å². The van der Waals surface area contributed by atoms with Crippen molar-refractivity contribution in [3.05, 3.63) is 18.3 Å². The molecule has 2 N–H and O–H groups in total. The van der Waals surface area contributed by atoms with Gasteiger partial charge in [0.15, 0.2) is 0 Å². The first-order chi connectivity index (χ1) is 10.1. The number of pyridine rings is 1. The molecule has 1 aliphatic rings. The summed E-state index contributed by atoms with van der Waals surface area (Å²) >= 11 is 0. The molecule has 1 aromatic heterocycles. The fraction of sp³-hybridized carbons (Fsp3) is 0.615. The van der Waals surface area contributed by atoms with E-state index in [1.807, 2.05) is 6.07 Å². The van der Waals surface area contributed by atoms with Gasteiger partial charge in [-0.15, -0.1) is 0 Å². The molecule has 118 valence electrons. The van der Waals surface area contributed by atoms with Crippen LogP contribution in [0.5, 0.6) is 0 Å². The predicted molar refractivity (Wildman–Crippen MR) is 84.8 cm³/mol. The van der Waals surface area contributed by atoms with Crippen LogP contribution >= 0.6 is 0 Å². The van der Waals surface area contributed by atoms with E-state index in [0.29, 0.717) is 31.9 Å². The van der Waals surface area contributed by atoms with Crippen LogP contribution in [0, 0.1) is 0 Å². The SMILES string of the molecule is CCN(CC)c1ccc(NS(=O)(=O)N2CCNCC2)cn1. The molecule has 1 aliphatic heterocycles. The van der Waals surface area contributed by atoms with Gasteiger partial charge in [-0.3, -0.25) is 4.72 Å². The van der Waals surface area contributed by atoms with Gasteiger partial charge in [0.25, 0.3) is 0 Å². The van der Waals surface area contributed by atoms with Gasteiger partial charge in [0, 0.05) is 39.3 Å². The van der Waals surface area contributed by atoms with Gasteiger partial charge in [-0.1, -0.05) is 0 Å². The van der Waals surface area contributed by atoms with Crippen molar-refractivity contribution in [2.24, 2.45) is 0 Å². The minimum atomic E-state index is -3.49. The Bertz CT molecular complexity index is 536. The Balaban J connectivity index is 2.05. The molecule has 1 saturated heterocycles. The second kappa shape index (κ2) is 7.06. The smallest absolute Gasteiger partial charge is 0.301 e. The van der Waals surface area contributed by atoms with Crippen molar-refractivity contribution in [2.75, 3.05) is 48.9 Å². The van der Waals surface area contributed by atoms with Crippen molar-refractivity contribution >= 4 is 21.7 Å². The third-order valence-corrected chi connectivity index (χ3v) is 5.04. The summed E-state index contributed by atoms with van der Waals surface area (Å²) in [6, 6.07) is 3.59. The predicted octanol–water partition coefficient (Wildman–Crippen LogP) is 0.490. The molecule has 0 atom stereocenters. The average molecular weight is 313 g/mol. The molecule has 0 amide bonds. The first kappa shape index (κ1) is 16.0. The Morgan fingerprint density at radius 2 is 1.95 bits per heavy atom. The number of anilines is 2. The van der Waals surface area contributed by atoms with E-state index in [-0.39, 0.29) is 0 Å². The lowest BCUT2D eigenvalue weighted by atomic mass is 10.4. The van der Waals surface area contributed by atoms with E-state index in [4.69, 9.17) is 0 Å². The third-order valence-electron chi connectivity index (χ3n) is 3.50. The van der Waals surface area contributed by atoms with Crippen LogP contribution in [-0.4, -0.2) is 57.0 Å². The molecular weight excluding hydrogens is 290 g/mol. The highest BCUT2D eigenvalue weighted by molar-refractivity contribution is 7.90. The summed E-state index contributed by atoms with van der Waals surface area (Å²) in [5, 5.41) is 3.13.